The van der Waals surface area contributed by atoms with Gasteiger partial charge in [-0.25, -0.2) is 4.31 Å². The third-order valence-corrected chi connectivity index (χ3v) is 8.49. The second-order valence-corrected chi connectivity index (χ2v) is 11.6. The van der Waals surface area contributed by atoms with Crippen molar-refractivity contribution in [2.24, 2.45) is 0 Å². The molecule has 3 rings (SSSR count). The molecule has 2 amide bonds. The number of para-hydroxylation sites is 1. The van der Waals surface area contributed by atoms with Crippen LogP contribution in [-0.2, 0) is 26.3 Å². The van der Waals surface area contributed by atoms with E-state index in [0.29, 0.717) is 11.4 Å². The van der Waals surface area contributed by atoms with Crippen molar-refractivity contribution in [2.45, 2.75) is 57.7 Å². The molecule has 0 unspecified atom stereocenters. The highest BCUT2D eigenvalue weighted by atomic mass is 32.2. The van der Waals surface area contributed by atoms with Crippen molar-refractivity contribution < 1.29 is 22.7 Å². The monoisotopic (exact) mass is 530 g/mol. The summed E-state index contributed by atoms with van der Waals surface area (Å²) in [6.45, 7) is 1.36. The van der Waals surface area contributed by atoms with Crippen LogP contribution in [0, 0.1) is 0 Å². The summed E-state index contributed by atoms with van der Waals surface area (Å²) in [6.07, 6.45) is 5.15. The fourth-order valence-corrected chi connectivity index (χ4v) is 5.49. The molecule has 0 saturated heterocycles. The molecule has 1 aliphatic carbocycles. The SMILES string of the molecule is COc1cccc(CN(C(=O)CN(c2ccccc2)S(=O)(=O)N(C)C)[C@H](C)C(=O)NC2CCCCC2)c1. The van der Waals surface area contributed by atoms with E-state index in [2.05, 4.69) is 5.32 Å². The van der Waals surface area contributed by atoms with E-state index in [0.717, 1.165) is 46.3 Å². The average molecular weight is 531 g/mol. The van der Waals surface area contributed by atoms with Crippen molar-refractivity contribution in [3.8, 4) is 5.75 Å². The standard InChI is InChI=1S/C27H38N4O5S/c1-21(27(33)28-23-13-7-5-8-14-23)30(19-22-12-11-17-25(18-22)36-4)26(32)20-31(37(34,35)29(2)3)24-15-9-6-10-16-24/h6,9-12,15-18,21,23H,5,7-8,13-14,19-20H2,1-4H3,(H,28,33)/t21-/m1/s1. The molecule has 10 heteroatoms. The third kappa shape index (κ3) is 7.45. The molecule has 2 aromatic carbocycles. The summed E-state index contributed by atoms with van der Waals surface area (Å²) in [5.74, 6) is -0.0985. The highest BCUT2D eigenvalue weighted by Crippen LogP contribution is 2.22. The molecule has 1 atom stereocenters. The Kier molecular flexibility index (Phi) is 9.93. The van der Waals surface area contributed by atoms with Crippen molar-refractivity contribution in [1.29, 1.82) is 0 Å². The predicted octanol–water partition coefficient (Wildman–Crippen LogP) is 3.17. The maximum absolute atomic E-state index is 13.8. The second-order valence-electron chi connectivity index (χ2n) is 9.53. The lowest BCUT2D eigenvalue weighted by Crippen LogP contribution is -2.53. The van der Waals surface area contributed by atoms with Gasteiger partial charge >= 0.3 is 10.2 Å². The quantitative estimate of drug-likeness (QED) is 0.481. The van der Waals surface area contributed by atoms with E-state index in [1.165, 1.54) is 19.0 Å². The lowest BCUT2D eigenvalue weighted by atomic mass is 9.95. The third-order valence-electron chi connectivity index (χ3n) is 6.67. The molecule has 0 aromatic heterocycles. The zero-order chi connectivity index (χ0) is 27.0. The molecule has 1 saturated carbocycles. The summed E-state index contributed by atoms with van der Waals surface area (Å²) < 4.78 is 33.8. The maximum atomic E-state index is 13.8. The van der Waals surface area contributed by atoms with E-state index >= 15 is 0 Å². The first kappa shape index (κ1) is 28.5. The van der Waals surface area contributed by atoms with Crippen LogP contribution in [0.4, 0.5) is 5.69 Å². The van der Waals surface area contributed by atoms with Gasteiger partial charge in [0.15, 0.2) is 0 Å². The number of carbonyl (C=O) groups excluding carboxylic acids is 2. The summed E-state index contributed by atoms with van der Waals surface area (Å²) in [5, 5.41) is 3.10. The number of rotatable bonds is 11. The Morgan fingerprint density at radius 2 is 1.70 bits per heavy atom. The van der Waals surface area contributed by atoms with Crippen LogP contribution in [0.3, 0.4) is 0 Å². The van der Waals surface area contributed by atoms with Crippen molar-refractivity contribution in [1.82, 2.24) is 14.5 Å². The van der Waals surface area contributed by atoms with Gasteiger partial charge in [-0.15, -0.1) is 0 Å². The number of amides is 2. The van der Waals surface area contributed by atoms with Gasteiger partial charge in [-0.3, -0.25) is 9.59 Å². The number of carbonyl (C=O) groups is 2. The number of methoxy groups -OCH3 is 1. The van der Waals surface area contributed by atoms with Gasteiger partial charge in [-0.2, -0.15) is 12.7 Å². The van der Waals surface area contributed by atoms with E-state index in [-0.39, 0.29) is 18.5 Å². The molecule has 0 aliphatic heterocycles. The molecular weight excluding hydrogens is 492 g/mol. The molecule has 37 heavy (non-hydrogen) atoms. The largest absolute Gasteiger partial charge is 0.497 e. The normalized spacial score (nSPS) is 15.2. The molecule has 0 radical (unpaired) electrons. The Balaban J connectivity index is 1.91. The molecule has 0 heterocycles. The van der Waals surface area contributed by atoms with Crippen LogP contribution in [-0.4, -0.2) is 69.3 Å². The first-order valence-corrected chi connectivity index (χ1v) is 14.0. The van der Waals surface area contributed by atoms with Gasteiger partial charge in [-0.05, 0) is 49.6 Å². The molecule has 0 spiro atoms. The molecule has 1 N–H and O–H groups in total. The Labute approximate surface area is 220 Å². The molecule has 202 valence electrons. The number of nitrogens with one attached hydrogen (secondary N) is 1. The Morgan fingerprint density at radius 3 is 2.32 bits per heavy atom. The van der Waals surface area contributed by atoms with Crippen LogP contribution in [0.5, 0.6) is 5.75 Å². The zero-order valence-electron chi connectivity index (χ0n) is 22.1. The number of hydrogen-bond donors (Lipinski definition) is 1. The minimum Gasteiger partial charge on any atom is -0.497 e. The van der Waals surface area contributed by atoms with Crippen LogP contribution >= 0.6 is 0 Å². The molecule has 2 aromatic rings. The predicted molar refractivity (Wildman–Crippen MR) is 144 cm³/mol. The second kappa shape index (κ2) is 12.9. The van der Waals surface area contributed by atoms with E-state index in [9.17, 15) is 18.0 Å². The summed E-state index contributed by atoms with van der Waals surface area (Å²) in [7, 11) is 0.429. The summed E-state index contributed by atoms with van der Waals surface area (Å²) in [6, 6.07) is 15.0. The van der Waals surface area contributed by atoms with Gasteiger partial charge in [0.1, 0.15) is 18.3 Å². The Bertz CT molecular complexity index is 1150. The lowest BCUT2D eigenvalue weighted by molar-refractivity contribution is -0.139. The van der Waals surface area contributed by atoms with Gasteiger partial charge in [0.05, 0.1) is 12.8 Å². The smallest absolute Gasteiger partial charge is 0.304 e. The number of ether oxygens (including phenoxy) is 1. The van der Waals surface area contributed by atoms with Gasteiger partial charge in [0.25, 0.3) is 0 Å². The van der Waals surface area contributed by atoms with Crippen molar-refractivity contribution in [2.75, 3.05) is 32.1 Å². The first-order valence-electron chi connectivity index (χ1n) is 12.6. The van der Waals surface area contributed by atoms with Crippen LogP contribution in [0.1, 0.15) is 44.6 Å². The van der Waals surface area contributed by atoms with Gasteiger partial charge in [0.2, 0.25) is 11.8 Å². The molecule has 0 bridgehead atoms. The Morgan fingerprint density at radius 1 is 1.03 bits per heavy atom. The summed E-state index contributed by atoms with van der Waals surface area (Å²) in [4.78, 5) is 28.5. The van der Waals surface area contributed by atoms with Crippen molar-refractivity contribution >= 4 is 27.7 Å². The van der Waals surface area contributed by atoms with E-state index in [1.54, 1.807) is 56.5 Å². The zero-order valence-corrected chi connectivity index (χ0v) is 22.9. The number of benzene rings is 2. The van der Waals surface area contributed by atoms with E-state index in [1.807, 2.05) is 12.1 Å². The van der Waals surface area contributed by atoms with Crippen LogP contribution < -0.4 is 14.4 Å². The summed E-state index contributed by atoms with van der Waals surface area (Å²) >= 11 is 0. The lowest BCUT2D eigenvalue weighted by Gasteiger charge is -2.34. The fourth-order valence-electron chi connectivity index (χ4n) is 4.43. The topological polar surface area (TPSA) is 99.3 Å². The maximum Gasteiger partial charge on any atom is 0.304 e. The number of anilines is 1. The Hall–Kier alpha value is -3.11. The number of hydrogen-bond acceptors (Lipinski definition) is 5. The molecule has 9 nitrogen and oxygen atoms in total. The van der Waals surface area contributed by atoms with Gasteiger partial charge in [0, 0.05) is 26.7 Å². The van der Waals surface area contributed by atoms with Crippen molar-refractivity contribution in [3.63, 3.8) is 0 Å². The van der Waals surface area contributed by atoms with Gasteiger partial charge < -0.3 is 15.0 Å². The minimum atomic E-state index is -3.97. The van der Waals surface area contributed by atoms with Crippen LogP contribution in [0.25, 0.3) is 0 Å². The first-order chi connectivity index (χ1) is 17.6. The highest BCUT2D eigenvalue weighted by molar-refractivity contribution is 7.90. The molecular formula is C27H38N4O5S. The van der Waals surface area contributed by atoms with Crippen LogP contribution in [0.2, 0.25) is 0 Å². The summed E-state index contributed by atoms with van der Waals surface area (Å²) in [5.41, 5.74) is 1.14. The average Bonchev–Trinajstić information content (AvgIpc) is 2.90. The molecule has 1 fully saturated rings. The fraction of sp³-hybridized carbons (Fsp3) is 0.481. The van der Waals surface area contributed by atoms with Crippen LogP contribution in [0.15, 0.2) is 54.6 Å². The van der Waals surface area contributed by atoms with E-state index < -0.39 is 28.7 Å². The van der Waals surface area contributed by atoms with Crippen molar-refractivity contribution in [3.05, 3.63) is 60.2 Å². The van der Waals surface area contributed by atoms with Gasteiger partial charge in [-0.1, -0.05) is 49.6 Å². The molecule has 1 aliphatic rings. The number of nitrogens with zero attached hydrogens (tertiary/aromatic N) is 3. The van der Waals surface area contributed by atoms with E-state index in [4.69, 9.17) is 4.74 Å². The highest BCUT2D eigenvalue weighted by Gasteiger charge is 2.33. The minimum absolute atomic E-state index is 0.0902.